The van der Waals surface area contributed by atoms with Crippen LogP contribution in [0.3, 0.4) is 0 Å². The molecule has 71 valence electrons. The average Bonchev–Trinajstić information content (AvgIpc) is 2.01. The Morgan fingerprint density at radius 3 is 2.50 bits per heavy atom. The van der Waals surface area contributed by atoms with Crippen molar-refractivity contribution < 1.29 is 9.53 Å². The zero-order chi connectivity index (χ0) is 9.61. The van der Waals surface area contributed by atoms with Gasteiger partial charge in [-0.05, 0) is 27.2 Å². The number of carbonyl (C=O) groups excluding carboxylic acids is 1. The van der Waals surface area contributed by atoms with E-state index in [1.54, 1.807) is 0 Å². The van der Waals surface area contributed by atoms with Gasteiger partial charge < -0.3 is 4.74 Å². The van der Waals surface area contributed by atoms with Crippen LogP contribution in [0, 0.1) is 12.3 Å². The summed E-state index contributed by atoms with van der Waals surface area (Å²) in [5.41, 5.74) is -0.340. The van der Waals surface area contributed by atoms with Gasteiger partial charge in [0.15, 0.2) is 0 Å². The number of hydrogen-bond donors (Lipinski definition) is 0. The molecule has 0 N–H and O–H groups in total. The van der Waals surface area contributed by atoms with Gasteiger partial charge in [-0.1, -0.05) is 19.8 Å². The van der Waals surface area contributed by atoms with Gasteiger partial charge in [0.05, 0.1) is 12.0 Å². The fourth-order valence-electron chi connectivity index (χ4n) is 0.995. The Hall–Kier alpha value is -0.530. The van der Waals surface area contributed by atoms with Crippen LogP contribution < -0.4 is 0 Å². The molecule has 0 amide bonds. The molecule has 0 rings (SSSR count). The predicted molar refractivity (Wildman–Crippen MR) is 49.6 cm³/mol. The van der Waals surface area contributed by atoms with E-state index in [4.69, 9.17) is 4.74 Å². The van der Waals surface area contributed by atoms with Crippen LogP contribution in [0.2, 0.25) is 0 Å². The molecule has 0 aromatic heterocycles. The Kier molecular flexibility index (Phi) is 4.95. The van der Waals surface area contributed by atoms with Crippen LogP contribution in [0.5, 0.6) is 0 Å². The molecule has 0 saturated carbocycles. The van der Waals surface area contributed by atoms with Gasteiger partial charge in [0.25, 0.3) is 0 Å². The number of unbranched alkanes of at least 4 members (excludes halogenated alkanes) is 1. The number of rotatable bonds is 5. The fourth-order valence-corrected chi connectivity index (χ4v) is 0.995. The van der Waals surface area contributed by atoms with Crippen LogP contribution in [-0.4, -0.2) is 12.6 Å². The molecular weight excluding hydrogens is 152 g/mol. The summed E-state index contributed by atoms with van der Waals surface area (Å²) in [6.07, 6.45) is 2.71. The molecular formula is C10H19O2. The molecule has 0 aliphatic heterocycles. The highest BCUT2D eigenvalue weighted by Gasteiger charge is 2.27. The van der Waals surface area contributed by atoms with Crippen molar-refractivity contribution in [3.8, 4) is 0 Å². The third kappa shape index (κ3) is 3.74. The summed E-state index contributed by atoms with van der Waals surface area (Å²) in [5.74, 6) is -0.0987. The van der Waals surface area contributed by atoms with E-state index in [1.165, 1.54) is 0 Å². The third-order valence-electron chi connectivity index (χ3n) is 1.88. The molecule has 0 unspecified atom stereocenters. The van der Waals surface area contributed by atoms with E-state index in [0.29, 0.717) is 6.61 Å². The second kappa shape index (κ2) is 5.18. The van der Waals surface area contributed by atoms with Gasteiger partial charge >= 0.3 is 5.97 Å². The van der Waals surface area contributed by atoms with Gasteiger partial charge in [-0.2, -0.15) is 0 Å². The topological polar surface area (TPSA) is 26.3 Å². The maximum Gasteiger partial charge on any atom is 0.311 e. The molecule has 0 fully saturated rings. The summed E-state index contributed by atoms with van der Waals surface area (Å²) < 4.78 is 4.94. The van der Waals surface area contributed by atoms with Crippen molar-refractivity contribution in [2.24, 2.45) is 5.41 Å². The molecule has 0 atom stereocenters. The van der Waals surface area contributed by atoms with Crippen molar-refractivity contribution in [2.45, 2.75) is 40.0 Å². The first-order valence-corrected chi connectivity index (χ1v) is 4.51. The highest BCUT2D eigenvalue weighted by Crippen LogP contribution is 2.24. The van der Waals surface area contributed by atoms with E-state index in [0.717, 1.165) is 19.3 Å². The molecule has 0 spiro atoms. The van der Waals surface area contributed by atoms with E-state index < -0.39 is 0 Å². The Balaban J connectivity index is 3.90. The van der Waals surface area contributed by atoms with Gasteiger partial charge in [-0.3, -0.25) is 4.79 Å². The largest absolute Gasteiger partial charge is 0.466 e. The van der Waals surface area contributed by atoms with Crippen LogP contribution >= 0.6 is 0 Å². The van der Waals surface area contributed by atoms with Crippen LogP contribution in [0.4, 0.5) is 0 Å². The van der Waals surface area contributed by atoms with Crippen LogP contribution in [0.15, 0.2) is 0 Å². The molecule has 0 aromatic carbocycles. The standard InChI is InChI=1S/C10H19O2/c1-5-7-8-10(3,4)9(11)12-6-2/h1,5-8H2,2-4H3. The number of hydrogen-bond acceptors (Lipinski definition) is 2. The normalized spacial score (nSPS) is 11.3. The highest BCUT2D eigenvalue weighted by molar-refractivity contribution is 5.75. The Morgan fingerprint density at radius 2 is 2.08 bits per heavy atom. The van der Waals surface area contributed by atoms with Gasteiger partial charge in [-0.25, -0.2) is 0 Å². The number of carbonyl (C=O) groups is 1. The SMILES string of the molecule is [CH2]CCCC(C)(C)C(=O)OCC. The number of esters is 1. The Bertz CT molecular complexity index is 139. The Morgan fingerprint density at radius 1 is 1.50 bits per heavy atom. The van der Waals surface area contributed by atoms with Crippen molar-refractivity contribution in [3.05, 3.63) is 6.92 Å². The van der Waals surface area contributed by atoms with Gasteiger partial charge in [0.2, 0.25) is 0 Å². The summed E-state index contributed by atoms with van der Waals surface area (Å²) in [7, 11) is 0. The molecule has 0 aromatic rings. The summed E-state index contributed by atoms with van der Waals surface area (Å²) in [5, 5.41) is 0. The van der Waals surface area contributed by atoms with E-state index in [2.05, 4.69) is 6.92 Å². The van der Waals surface area contributed by atoms with Gasteiger partial charge in [-0.15, -0.1) is 0 Å². The molecule has 0 saturated heterocycles. The maximum atomic E-state index is 11.3. The second-order valence-electron chi connectivity index (χ2n) is 3.56. The first-order chi connectivity index (χ1) is 5.54. The van der Waals surface area contributed by atoms with Crippen molar-refractivity contribution in [1.29, 1.82) is 0 Å². The zero-order valence-electron chi connectivity index (χ0n) is 8.35. The molecule has 12 heavy (non-hydrogen) atoms. The minimum atomic E-state index is -0.340. The summed E-state index contributed by atoms with van der Waals surface area (Å²) >= 11 is 0. The van der Waals surface area contributed by atoms with E-state index in [-0.39, 0.29) is 11.4 Å². The third-order valence-corrected chi connectivity index (χ3v) is 1.88. The molecule has 2 nitrogen and oxygen atoms in total. The molecule has 0 heterocycles. The second-order valence-corrected chi connectivity index (χ2v) is 3.56. The first-order valence-electron chi connectivity index (χ1n) is 4.51. The van der Waals surface area contributed by atoms with Crippen molar-refractivity contribution in [3.63, 3.8) is 0 Å². The van der Waals surface area contributed by atoms with Crippen LogP contribution in [0.1, 0.15) is 40.0 Å². The summed E-state index contributed by atoms with van der Waals surface area (Å²) in [6.45, 7) is 9.87. The summed E-state index contributed by atoms with van der Waals surface area (Å²) in [4.78, 5) is 11.3. The average molecular weight is 171 g/mol. The predicted octanol–water partition coefficient (Wildman–Crippen LogP) is 2.58. The zero-order valence-corrected chi connectivity index (χ0v) is 8.35. The molecule has 0 bridgehead atoms. The monoisotopic (exact) mass is 171 g/mol. The highest BCUT2D eigenvalue weighted by atomic mass is 16.5. The van der Waals surface area contributed by atoms with Crippen molar-refractivity contribution >= 4 is 5.97 Å². The molecule has 2 heteroatoms. The number of ether oxygens (including phenoxy) is 1. The van der Waals surface area contributed by atoms with Crippen molar-refractivity contribution in [1.82, 2.24) is 0 Å². The lowest BCUT2D eigenvalue weighted by atomic mass is 9.87. The maximum absolute atomic E-state index is 11.3. The molecule has 0 aliphatic rings. The lowest BCUT2D eigenvalue weighted by molar-refractivity contribution is -0.153. The summed E-state index contributed by atoms with van der Waals surface area (Å²) in [6, 6.07) is 0. The van der Waals surface area contributed by atoms with E-state index >= 15 is 0 Å². The molecule has 1 radical (unpaired) electrons. The van der Waals surface area contributed by atoms with Gasteiger partial charge in [0.1, 0.15) is 0 Å². The lowest BCUT2D eigenvalue weighted by Gasteiger charge is -2.21. The van der Waals surface area contributed by atoms with Crippen LogP contribution in [-0.2, 0) is 9.53 Å². The van der Waals surface area contributed by atoms with E-state index in [9.17, 15) is 4.79 Å². The first kappa shape index (κ1) is 11.5. The minimum absolute atomic E-state index is 0.0987. The lowest BCUT2D eigenvalue weighted by Crippen LogP contribution is -2.26. The van der Waals surface area contributed by atoms with Gasteiger partial charge in [0, 0.05) is 0 Å². The smallest absolute Gasteiger partial charge is 0.311 e. The quantitative estimate of drug-likeness (QED) is 0.594. The van der Waals surface area contributed by atoms with Crippen LogP contribution in [0.25, 0.3) is 0 Å². The molecule has 0 aliphatic carbocycles. The van der Waals surface area contributed by atoms with Crippen molar-refractivity contribution in [2.75, 3.05) is 6.61 Å². The Labute approximate surface area is 75.3 Å². The minimum Gasteiger partial charge on any atom is -0.466 e. The van der Waals surface area contributed by atoms with E-state index in [1.807, 2.05) is 20.8 Å². The fraction of sp³-hybridized carbons (Fsp3) is 0.800.